The van der Waals surface area contributed by atoms with E-state index in [-0.39, 0.29) is 130 Å². The Morgan fingerprint density at radius 1 is 0.453 bits per heavy atom. The lowest BCUT2D eigenvalue weighted by atomic mass is 10.1. The van der Waals surface area contributed by atoms with Gasteiger partial charge in [0.15, 0.2) is 51.0 Å². The predicted molar refractivity (Wildman–Crippen MR) is 594 cm³/mol. The smallest absolute Gasteiger partial charge is 0.259 e. The van der Waals surface area contributed by atoms with Crippen LogP contribution in [0.15, 0.2) is 91.7 Å². The van der Waals surface area contributed by atoms with E-state index in [4.69, 9.17) is 83.6 Å². The van der Waals surface area contributed by atoms with Crippen molar-refractivity contribution in [3.63, 3.8) is 0 Å². The summed E-state index contributed by atoms with van der Waals surface area (Å²) in [6, 6.07) is 1.42. The number of halogens is 1. The van der Waals surface area contributed by atoms with Gasteiger partial charge in [-0.15, -0.1) is 0 Å². The van der Waals surface area contributed by atoms with Gasteiger partial charge >= 0.3 is 0 Å². The van der Waals surface area contributed by atoms with Crippen molar-refractivity contribution < 1.29 is 122 Å². The summed E-state index contributed by atoms with van der Waals surface area (Å²) in [6.07, 6.45) is 10.8. The third-order valence-electron chi connectivity index (χ3n) is 23.7. The van der Waals surface area contributed by atoms with Crippen molar-refractivity contribution in [2.75, 3.05) is 117 Å². The summed E-state index contributed by atoms with van der Waals surface area (Å²) in [7, 11) is -2.63. The Bertz CT molecular complexity index is 4520. The van der Waals surface area contributed by atoms with Crippen LogP contribution >= 0.6 is 81.2 Å². The van der Waals surface area contributed by atoms with Crippen molar-refractivity contribution in [1.82, 2.24) is 68.9 Å². The zero-order chi connectivity index (χ0) is 111. The monoisotopic (exact) mass is 2270 g/mol. The van der Waals surface area contributed by atoms with Gasteiger partial charge in [0.05, 0.1) is 122 Å². The first-order chi connectivity index (χ1) is 71.5. The highest BCUT2D eigenvalue weighted by molar-refractivity contribution is 8.14. The Morgan fingerprint density at radius 3 is 1.13 bits per heavy atom. The SMILES string of the molecule is C=C1N=C(NC(C)=O)C=CN1[C@@H]1O[C@H](CC)C(OP(OCCOCCSC(=O)CC)N(C(C)C)C(C)C)[C@@H]1OC.C=C1NC(=O)C=CN1[C@@H]1O[C@H](CC)C(OP(OCCOCCSC(=O)CC)N(C(C)C)C(C)C)[C@@H]1F.C=C1NC(=O)C=CN1[C@@H]1O[C@H](CC)C(OP(OCCOCCSC(=O)CC)N(C(C)C)C(C)C)[C@@H]1OC.CCC(=O)SCCOCCOP(OC1C[C@H](n2cnc3c(C)ncnc32)O[C@@H]1CC)N(C(C)C)C(C)C. The quantitative estimate of drug-likeness (QED) is 0.0409. The van der Waals surface area contributed by atoms with Gasteiger partial charge < -0.3 is 114 Å². The minimum Gasteiger partial charge on any atom is -0.378 e. The second kappa shape index (κ2) is 71.0. The second-order valence-corrected chi connectivity index (χ2v) is 47.8. The van der Waals surface area contributed by atoms with Gasteiger partial charge in [0, 0.05) is 155 Å². The Morgan fingerprint density at radius 2 is 0.793 bits per heavy atom. The lowest BCUT2D eigenvalue weighted by Crippen LogP contribution is -2.47. The van der Waals surface area contributed by atoms with Gasteiger partial charge in [-0.1, -0.05) is 122 Å². The van der Waals surface area contributed by atoms with Crippen LogP contribution < -0.4 is 16.0 Å². The number of ether oxygens (including phenoxy) is 10. The van der Waals surface area contributed by atoms with E-state index in [0.717, 1.165) is 23.3 Å². The number of carbonyl (C=O) groups excluding carboxylic acids is 7. The van der Waals surface area contributed by atoms with Gasteiger partial charge in [0.2, 0.25) is 5.91 Å². The lowest BCUT2D eigenvalue weighted by Gasteiger charge is -2.38. The zero-order valence-electron chi connectivity index (χ0n) is 93.6. The van der Waals surface area contributed by atoms with E-state index in [1.807, 2.05) is 87.7 Å². The average Bonchev–Trinajstić information content (AvgIpc) is 1.64. The number of amides is 3. The number of aromatic nitrogens is 4. The van der Waals surface area contributed by atoms with Crippen LogP contribution in [0.1, 0.15) is 243 Å². The standard InChI is InChI=1S/C27H47N4O7PS.C25H42N5O5PS.C25H44N3O7PS.C24H41FN3O6PS/c1-10-22-25(26(34-9)27(37-22)30-13-12-23(28-20(30)7)29-21(8)32)38-39(31(18(3)4)19(5)6)36-15-14-35-16-17-40-24(33)11-2;1-8-20-21(14-22(34-20)29-16-28-24-19(7)26-15-27-25(24)29)35-36(30(17(3)4)18(5)6)33-11-10-32-12-13-37-23(31)9-2;1-9-20-23(24(31-8)25(34-20)27-12-11-21(29)26-19(27)7)35-36(28(17(3)4)18(5)6)33-14-13-32-15-16-37-22(30)10-2;1-8-19-23(22(25)24(33-19)27-11-10-20(29)26-18(27)7)34-35(28(16(3)4)17(5)6)32-13-12-31-14-15-36-21(30)9-2/h12-13,18-19,22,25-27H,7,10-11,14-17H2,1-6,8-9H3,(H,28,29,32);15-18,20-22H,8-14H2,1-7H3;11-12,17-18,20,23-25H,7,9-10,13-16H2,1-6,8H3,(H,26,29);10-11,16-17,19,22-24H,7-9,12-15H2,1-6H3,(H,26,29)/t22-,25?,26+,27-,39?;20-,21?,22-,36?;20-,23?,24+,25-,36?;19-,22+,23?,24-,35?/m1111/s1. The maximum Gasteiger partial charge on any atom is 0.259 e. The summed E-state index contributed by atoms with van der Waals surface area (Å²) in [5, 5.41) is 8.63. The van der Waals surface area contributed by atoms with Gasteiger partial charge in [0.25, 0.3) is 45.9 Å². The summed E-state index contributed by atoms with van der Waals surface area (Å²) < 4.78 is 138. The van der Waals surface area contributed by atoms with E-state index >= 15 is 4.39 Å². The Hall–Kier alpha value is -4.68. The van der Waals surface area contributed by atoms with Crippen LogP contribution in [0.3, 0.4) is 0 Å². The largest absolute Gasteiger partial charge is 0.378 e. The molecule has 8 unspecified atom stereocenters. The van der Waals surface area contributed by atoms with E-state index in [0.29, 0.717) is 165 Å². The summed E-state index contributed by atoms with van der Waals surface area (Å²) >= 11 is 5.16. The Kier molecular flexibility index (Phi) is 63.4. The molecule has 40 nitrogen and oxygen atoms in total. The fraction of sp³-hybridized carbons (Fsp3) is 0.752. The molecule has 0 bridgehead atoms. The number of aryl methyl sites for hydroxylation is 1. The topological polar surface area (TPSA) is 400 Å². The molecule has 4 saturated heterocycles. The van der Waals surface area contributed by atoms with Crippen molar-refractivity contribution in [2.45, 2.75) is 378 Å². The summed E-state index contributed by atoms with van der Waals surface area (Å²) in [6.45, 7) is 69.4. The second-order valence-electron chi connectivity index (χ2n) is 37.6. The fourth-order valence-corrected chi connectivity index (χ4v) is 26.4. The molecule has 2 aromatic rings. The number of thioether (sulfide) groups is 4. The number of nitrogens with zero attached hydrogens (tertiary/aromatic N) is 12. The van der Waals surface area contributed by atoms with E-state index in [1.54, 1.807) is 55.1 Å². The van der Waals surface area contributed by atoms with Crippen LogP contribution in [-0.2, 0) is 117 Å². The van der Waals surface area contributed by atoms with E-state index < -0.39 is 95.6 Å². The number of imidazole rings is 1. The highest BCUT2D eigenvalue weighted by atomic mass is 32.2. The highest BCUT2D eigenvalue weighted by Crippen LogP contribution is 2.55. The highest BCUT2D eigenvalue weighted by Gasteiger charge is 2.55. The summed E-state index contributed by atoms with van der Waals surface area (Å²) in [5.74, 6) is 3.29. The van der Waals surface area contributed by atoms with Crippen molar-refractivity contribution in [2.24, 2.45) is 4.99 Å². The number of alkyl halides is 1. The molecule has 19 atom stereocenters. The first-order valence-corrected chi connectivity index (χ1v) is 60.9. The van der Waals surface area contributed by atoms with E-state index in [1.165, 1.54) is 77.2 Å². The van der Waals surface area contributed by atoms with Crippen molar-refractivity contribution in [1.29, 1.82) is 0 Å². The molecule has 7 aliphatic rings. The number of amidine groups is 1. The number of hydrogen-bond donors (Lipinski definition) is 3. The van der Waals surface area contributed by atoms with Crippen molar-refractivity contribution >= 4 is 136 Å². The van der Waals surface area contributed by atoms with Crippen LogP contribution in [0.25, 0.3) is 11.2 Å². The normalized spacial score (nSPS) is 23.8. The van der Waals surface area contributed by atoms with Gasteiger partial charge in [-0.05, 0) is 149 Å². The molecule has 0 aliphatic carbocycles. The van der Waals surface area contributed by atoms with E-state index in [2.05, 4.69) is 164 Å². The first kappa shape index (κ1) is 134. The molecule has 7 aliphatic heterocycles. The molecule has 0 aromatic carbocycles. The van der Waals surface area contributed by atoms with E-state index in [9.17, 15) is 33.6 Å². The minimum atomic E-state index is -1.62. The van der Waals surface area contributed by atoms with Gasteiger partial charge in [-0.25, -0.2) is 43.0 Å². The number of fused-ring (bicyclic) bond motifs is 1. The molecule has 4 fully saturated rings. The number of rotatable bonds is 62. The fourth-order valence-electron chi connectivity index (χ4n) is 16.9. The van der Waals surface area contributed by atoms with Crippen LogP contribution in [0.4, 0.5) is 4.39 Å². The summed E-state index contributed by atoms with van der Waals surface area (Å²) in [4.78, 5) is 103. The molecule has 49 heteroatoms. The molecule has 0 spiro atoms. The van der Waals surface area contributed by atoms with Crippen molar-refractivity contribution in [3.05, 3.63) is 92.4 Å². The van der Waals surface area contributed by atoms with Crippen LogP contribution in [0, 0.1) is 6.92 Å². The average molecular weight is 2270 g/mol. The lowest BCUT2D eigenvalue weighted by molar-refractivity contribution is -0.119. The number of aliphatic imine (C=N–C) groups is 1. The van der Waals surface area contributed by atoms with Gasteiger partial charge in [-0.2, -0.15) is 0 Å². The molecule has 0 radical (unpaired) electrons. The number of hydrogen-bond acceptors (Lipinski definition) is 40. The number of nitrogens with one attached hydrogen (secondary N) is 3. The molecule has 9 heterocycles. The molecule has 0 saturated carbocycles. The molecular weight excluding hydrogens is 2090 g/mol. The maximum absolute atomic E-state index is 15.8. The Labute approximate surface area is 913 Å². The van der Waals surface area contributed by atoms with Gasteiger partial charge in [0.1, 0.15) is 71.9 Å². The Balaban J connectivity index is 0.000000305. The van der Waals surface area contributed by atoms with Gasteiger partial charge in [-0.3, -0.25) is 38.1 Å². The zero-order valence-corrected chi connectivity index (χ0v) is 100. The third-order valence-corrected chi connectivity index (χ3v) is 36.2. The maximum atomic E-state index is 15.8. The first-order valence-electron chi connectivity index (χ1n) is 52.4. The summed E-state index contributed by atoms with van der Waals surface area (Å²) in [5.41, 5.74) is 2.41. The number of carbonyl (C=O) groups is 7. The van der Waals surface area contributed by atoms with Crippen LogP contribution in [0.5, 0.6) is 0 Å². The predicted octanol–water partition coefficient (Wildman–Crippen LogP) is 18.0. The molecular formula is C101H174FN15O25P4S4. The van der Waals surface area contributed by atoms with Crippen molar-refractivity contribution in [3.8, 4) is 0 Å². The van der Waals surface area contributed by atoms with Crippen LogP contribution in [0.2, 0.25) is 0 Å². The molecule has 854 valence electrons. The molecule has 9 rings (SSSR count). The molecule has 3 amide bonds. The van der Waals surface area contributed by atoms with Crippen LogP contribution in [-0.4, -0.2) is 348 Å². The molecule has 150 heavy (non-hydrogen) atoms. The number of methoxy groups -OCH3 is 2. The molecule has 2 aromatic heterocycles. The third kappa shape index (κ3) is 42.5. The minimum absolute atomic E-state index is 0.0652. The molecule has 3 N–H and O–H groups in total.